The molecule has 1 aromatic heterocycles. The minimum absolute atomic E-state index is 0.0810. The second-order valence-corrected chi connectivity index (χ2v) is 8.02. The molecular weight excluding hydrogens is 442 g/mol. The first-order chi connectivity index (χ1) is 15.8. The van der Waals surface area contributed by atoms with Crippen LogP contribution in [0.4, 0.5) is 10.7 Å². The van der Waals surface area contributed by atoms with Gasteiger partial charge in [0.2, 0.25) is 0 Å². The topological polar surface area (TPSA) is 122 Å². The molecule has 33 heavy (non-hydrogen) atoms. The summed E-state index contributed by atoms with van der Waals surface area (Å²) in [5.74, 6) is -1.31. The van der Waals surface area contributed by atoms with Crippen LogP contribution in [0.2, 0.25) is 0 Å². The number of aryl methyl sites for hydroxylation is 1. The molecule has 0 bridgehead atoms. The number of carbonyl (C=O) groups is 2. The Balaban J connectivity index is 2.03. The number of nitro benzene ring substituents is 1. The van der Waals surface area contributed by atoms with Crippen molar-refractivity contribution in [3.8, 4) is 17.2 Å². The third kappa shape index (κ3) is 5.31. The maximum absolute atomic E-state index is 12.8. The lowest BCUT2D eigenvalue weighted by molar-refractivity contribution is -0.384. The van der Waals surface area contributed by atoms with Crippen molar-refractivity contribution in [2.24, 2.45) is 0 Å². The van der Waals surface area contributed by atoms with Crippen LogP contribution >= 0.6 is 11.3 Å². The Labute approximate surface area is 193 Å². The molecule has 0 atom stereocenters. The predicted octanol–water partition coefficient (Wildman–Crippen LogP) is 5.35. The number of esters is 1. The predicted molar refractivity (Wildman–Crippen MR) is 126 cm³/mol. The van der Waals surface area contributed by atoms with Crippen LogP contribution in [0.3, 0.4) is 0 Å². The summed E-state index contributed by atoms with van der Waals surface area (Å²) in [7, 11) is 0. The number of non-ortho nitro benzene ring substituents is 1. The Morgan fingerprint density at radius 1 is 1.18 bits per heavy atom. The van der Waals surface area contributed by atoms with E-state index >= 15 is 0 Å². The highest BCUT2D eigenvalue weighted by Gasteiger charge is 2.26. The van der Waals surface area contributed by atoms with Crippen molar-refractivity contribution in [2.45, 2.75) is 13.8 Å². The fourth-order valence-electron chi connectivity index (χ4n) is 3.16. The number of nitro groups is 1. The van der Waals surface area contributed by atoms with Crippen LogP contribution in [0, 0.1) is 28.4 Å². The van der Waals surface area contributed by atoms with Gasteiger partial charge in [-0.15, -0.1) is 11.3 Å². The van der Waals surface area contributed by atoms with E-state index in [-0.39, 0.29) is 28.4 Å². The number of hydrogen-bond donors (Lipinski definition) is 1. The fourth-order valence-corrected chi connectivity index (χ4v) is 4.22. The Kier molecular flexibility index (Phi) is 7.33. The number of nitrogens with zero attached hydrogens (tertiary/aromatic N) is 2. The van der Waals surface area contributed by atoms with Crippen LogP contribution in [0.5, 0.6) is 0 Å². The first kappa shape index (κ1) is 23.4. The SMILES string of the molecule is CCOC(=O)c1c(NC(=O)C(C#N)=Cc2ccccc2)sc(C)c1-c1ccc([N+](=O)[O-])cc1. The lowest BCUT2D eigenvalue weighted by atomic mass is 10.0. The number of ether oxygens (including phenoxy) is 1. The summed E-state index contributed by atoms with van der Waals surface area (Å²) < 4.78 is 5.20. The van der Waals surface area contributed by atoms with Crippen molar-refractivity contribution >= 4 is 40.0 Å². The lowest BCUT2D eigenvalue weighted by Crippen LogP contribution is -2.16. The molecule has 0 unspecified atom stereocenters. The van der Waals surface area contributed by atoms with Crippen molar-refractivity contribution in [3.63, 3.8) is 0 Å². The number of benzene rings is 2. The summed E-state index contributed by atoms with van der Waals surface area (Å²) in [4.78, 5) is 36.8. The van der Waals surface area contributed by atoms with Crippen LogP contribution in [-0.4, -0.2) is 23.4 Å². The van der Waals surface area contributed by atoms with E-state index in [2.05, 4.69) is 5.32 Å². The molecule has 3 rings (SSSR count). The van der Waals surface area contributed by atoms with E-state index in [9.17, 15) is 25.0 Å². The van der Waals surface area contributed by atoms with Gasteiger partial charge in [0.05, 0.1) is 11.5 Å². The molecule has 2 aromatic carbocycles. The second-order valence-electron chi connectivity index (χ2n) is 6.80. The summed E-state index contributed by atoms with van der Waals surface area (Å²) in [6.45, 7) is 3.56. The van der Waals surface area contributed by atoms with Gasteiger partial charge < -0.3 is 10.1 Å². The van der Waals surface area contributed by atoms with Crippen LogP contribution < -0.4 is 5.32 Å². The summed E-state index contributed by atoms with van der Waals surface area (Å²) in [5, 5.41) is 23.4. The van der Waals surface area contributed by atoms with E-state index in [1.807, 2.05) is 12.1 Å². The zero-order chi connectivity index (χ0) is 24.0. The van der Waals surface area contributed by atoms with E-state index in [4.69, 9.17) is 4.74 Å². The summed E-state index contributed by atoms with van der Waals surface area (Å²) >= 11 is 1.16. The average Bonchev–Trinajstić information content (AvgIpc) is 3.13. The Hall–Kier alpha value is -4.29. The maximum atomic E-state index is 12.8. The van der Waals surface area contributed by atoms with Gasteiger partial charge in [0.1, 0.15) is 22.2 Å². The van der Waals surface area contributed by atoms with E-state index in [1.54, 1.807) is 38.1 Å². The van der Waals surface area contributed by atoms with Crippen molar-refractivity contribution in [3.05, 3.63) is 86.3 Å². The Morgan fingerprint density at radius 3 is 2.42 bits per heavy atom. The molecule has 0 radical (unpaired) electrons. The van der Waals surface area contributed by atoms with Crippen LogP contribution in [0.25, 0.3) is 17.2 Å². The van der Waals surface area contributed by atoms with Crippen molar-refractivity contribution in [1.82, 2.24) is 0 Å². The molecule has 0 aliphatic carbocycles. The highest BCUT2D eigenvalue weighted by molar-refractivity contribution is 7.17. The molecule has 0 saturated heterocycles. The van der Waals surface area contributed by atoms with Gasteiger partial charge in [-0.25, -0.2) is 4.79 Å². The first-order valence-electron chi connectivity index (χ1n) is 9.89. The number of thiophene rings is 1. The van der Waals surface area contributed by atoms with E-state index in [1.165, 1.54) is 30.3 Å². The average molecular weight is 461 g/mol. The van der Waals surface area contributed by atoms with Crippen molar-refractivity contribution in [1.29, 1.82) is 5.26 Å². The largest absolute Gasteiger partial charge is 0.462 e. The molecule has 0 aliphatic heterocycles. The second kappa shape index (κ2) is 10.3. The minimum atomic E-state index is -0.664. The Bertz CT molecular complexity index is 1270. The lowest BCUT2D eigenvalue weighted by Gasteiger charge is -2.09. The number of nitriles is 1. The molecule has 1 N–H and O–H groups in total. The highest BCUT2D eigenvalue weighted by Crippen LogP contribution is 2.41. The number of carbonyl (C=O) groups excluding carboxylic acids is 2. The molecule has 3 aromatic rings. The molecule has 166 valence electrons. The van der Waals surface area contributed by atoms with Gasteiger partial charge >= 0.3 is 5.97 Å². The van der Waals surface area contributed by atoms with Crippen molar-refractivity contribution in [2.75, 3.05) is 11.9 Å². The summed E-state index contributed by atoms with van der Waals surface area (Å²) in [6, 6.07) is 16.6. The molecule has 0 spiro atoms. The zero-order valence-corrected chi connectivity index (χ0v) is 18.6. The molecule has 0 fully saturated rings. The molecule has 1 amide bonds. The van der Waals surface area contributed by atoms with Crippen LogP contribution in [-0.2, 0) is 9.53 Å². The Morgan fingerprint density at radius 2 is 1.85 bits per heavy atom. The van der Waals surface area contributed by atoms with Gasteiger partial charge in [-0.3, -0.25) is 14.9 Å². The highest BCUT2D eigenvalue weighted by atomic mass is 32.1. The van der Waals surface area contributed by atoms with Crippen LogP contribution in [0.15, 0.2) is 60.2 Å². The number of amides is 1. The molecule has 9 heteroatoms. The molecule has 8 nitrogen and oxygen atoms in total. The van der Waals surface area contributed by atoms with Gasteiger partial charge in [-0.1, -0.05) is 30.3 Å². The standard InChI is InChI=1S/C24H19N3O5S/c1-3-32-24(29)21-20(17-9-11-19(12-10-17)27(30)31)15(2)33-23(21)26-22(28)18(14-25)13-16-7-5-4-6-8-16/h4-13H,3H2,1-2H3,(H,26,28). The van der Waals surface area contributed by atoms with Gasteiger partial charge in [0, 0.05) is 22.6 Å². The number of anilines is 1. The van der Waals surface area contributed by atoms with E-state index in [0.29, 0.717) is 21.6 Å². The maximum Gasteiger partial charge on any atom is 0.341 e. The number of hydrogen-bond acceptors (Lipinski definition) is 7. The van der Waals surface area contributed by atoms with Gasteiger partial charge in [-0.2, -0.15) is 5.26 Å². The monoisotopic (exact) mass is 461 g/mol. The molecule has 0 saturated carbocycles. The van der Waals surface area contributed by atoms with E-state index in [0.717, 1.165) is 11.3 Å². The van der Waals surface area contributed by atoms with Gasteiger partial charge in [0.25, 0.3) is 11.6 Å². The number of rotatable bonds is 7. The minimum Gasteiger partial charge on any atom is -0.462 e. The first-order valence-corrected chi connectivity index (χ1v) is 10.7. The normalized spacial score (nSPS) is 10.9. The smallest absolute Gasteiger partial charge is 0.341 e. The third-order valence-corrected chi connectivity index (χ3v) is 5.65. The fraction of sp³-hybridized carbons (Fsp3) is 0.125. The van der Waals surface area contributed by atoms with Crippen molar-refractivity contribution < 1.29 is 19.2 Å². The zero-order valence-electron chi connectivity index (χ0n) is 17.8. The molecule has 1 heterocycles. The summed E-state index contributed by atoms with van der Waals surface area (Å²) in [5.41, 5.74) is 1.69. The van der Waals surface area contributed by atoms with Gasteiger partial charge in [0.15, 0.2) is 0 Å². The summed E-state index contributed by atoms with van der Waals surface area (Å²) in [6.07, 6.45) is 1.46. The number of nitrogens with one attached hydrogen (secondary N) is 1. The van der Waals surface area contributed by atoms with Gasteiger partial charge in [-0.05, 0) is 43.2 Å². The van der Waals surface area contributed by atoms with Crippen LogP contribution in [0.1, 0.15) is 27.7 Å². The third-order valence-electron chi connectivity index (χ3n) is 4.63. The molecule has 0 aliphatic rings. The quantitative estimate of drug-likeness (QED) is 0.166. The van der Waals surface area contributed by atoms with E-state index < -0.39 is 16.8 Å². The molecular formula is C24H19N3O5S.